The van der Waals surface area contributed by atoms with E-state index >= 15 is 0 Å². The molecule has 2 aromatic carbocycles. The predicted molar refractivity (Wildman–Crippen MR) is 132 cm³/mol. The molecule has 0 aliphatic heterocycles. The summed E-state index contributed by atoms with van der Waals surface area (Å²) < 4.78 is 12.5. The van der Waals surface area contributed by atoms with Gasteiger partial charge in [0.1, 0.15) is 5.60 Å². The lowest BCUT2D eigenvalue weighted by Crippen LogP contribution is -2.39. The molecule has 0 saturated heterocycles. The van der Waals surface area contributed by atoms with E-state index < -0.39 is 23.2 Å². The monoisotopic (exact) mass is 496 g/mol. The highest BCUT2D eigenvalue weighted by Crippen LogP contribution is 2.45. The first-order valence-electron chi connectivity index (χ1n) is 11.3. The first-order chi connectivity index (χ1) is 16.5. The summed E-state index contributed by atoms with van der Waals surface area (Å²) in [5.41, 5.74) is 4.01. The van der Waals surface area contributed by atoms with Gasteiger partial charge in [-0.1, -0.05) is 23.5 Å². The molecular weight excluding hydrogens is 468 g/mol. The van der Waals surface area contributed by atoms with Crippen LogP contribution >= 0.6 is 11.3 Å². The minimum atomic E-state index is -0.581. The van der Waals surface area contributed by atoms with Crippen molar-refractivity contribution in [3.63, 3.8) is 0 Å². The van der Waals surface area contributed by atoms with Crippen LogP contribution in [0.3, 0.4) is 0 Å². The molecule has 0 bridgehead atoms. The molecule has 1 fully saturated rings. The van der Waals surface area contributed by atoms with Gasteiger partial charge in [0, 0.05) is 5.56 Å². The maximum absolute atomic E-state index is 12.9. The summed E-state index contributed by atoms with van der Waals surface area (Å²) in [4.78, 5) is 37.2. The molecule has 3 aromatic rings. The molecule has 1 saturated carbocycles. The van der Waals surface area contributed by atoms with E-state index in [1.807, 2.05) is 32.9 Å². The van der Waals surface area contributed by atoms with Crippen LogP contribution in [0.1, 0.15) is 66.8 Å². The summed E-state index contributed by atoms with van der Waals surface area (Å²) in [6.07, 6.45) is 1.13. The van der Waals surface area contributed by atoms with Gasteiger partial charge in [0.2, 0.25) is 4.80 Å². The third-order valence-electron chi connectivity index (χ3n) is 5.52. The van der Waals surface area contributed by atoms with Gasteiger partial charge in [-0.15, -0.1) is 0 Å². The van der Waals surface area contributed by atoms with Gasteiger partial charge in [0.15, 0.2) is 0 Å². The van der Waals surface area contributed by atoms with Crippen LogP contribution in [0.25, 0.3) is 10.2 Å². The fourth-order valence-corrected chi connectivity index (χ4v) is 4.60. The molecule has 0 radical (unpaired) electrons. The number of nitrogens with zero attached hydrogens (tertiary/aromatic N) is 1. The number of amides is 2. The maximum atomic E-state index is 12.9. The largest absolute Gasteiger partial charge is 0.462 e. The van der Waals surface area contributed by atoms with Crippen molar-refractivity contribution in [2.45, 2.75) is 51.7 Å². The molecule has 0 unspecified atom stereocenters. The van der Waals surface area contributed by atoms with Crippen molar-refractivity contribution >= 4 is 39.5 Å². The smallest absolute Gasteiger partial charge is 0.408 e. The Kier molecular flexibility index (Phi) is 6.42. The second-order valence-corrected chi connectivity index (χ2v) is 10.4. The molecule has 0 spiro atoms. The second-order valence-electron chi connectivity index (χ2n) is 9.37. The minimum absolute atomic E-state index is 0.115. The highest BCUT2D eigenvalue weighted by Gasteiger charge is 2.46. The third-order valence-corrected chi connectivity index (χ3v) is 6.45. The van der Waals surface area contributed by atoms with Gasteiger partial charge in [0.05, 0.1) is 27.9 Å². The van der Waals surface area contributed by atoms with E-state index in [1.54, 1.807) is 37.3 Å². The van der Waals surface area contributed by atoms with Gasteiger partial charge in [-0.05, 0) is 76.4 Å². The van der Waals surface area contributed by atoms with Crippen LogP contribution in [-0.4, -0.2) is 34.9 Å². The number of ether oxygens (including phenoxy) is 2. The van der Waals surface area contributed by atoms with Crippen LogP contribution in [0.4, 0.5) is 4.79 Å². The van der Waals surface area contributed by atoms with Crippen molar-refractivity contribution in [2.24, 2.45) is 0 Å². The molecular formula is C25H28N4O5S. The molecule has 9 nitrogen and oxygen atoms in total. The number of hydrogen-bond donors (Lipinski definition) is 3. The van der Waals surface area contributed by atoms with Crippen molar-refractivity contribution in [2.75, 3.05) is 12.0 Å². The van der Waals surface area contributed by atoms with E-state index in [-0.39, 0.29) is 17.3 Å². The lowest BCUT2D eigenvalue weighted by Gasteiger charge is -2.23. The van der Waals surface area contributed by atoms with Gasteiger partial charge in [-0.3, -0.25) is 15.6 Å². The quantitative estimate of drug-likeness (QED) is 0.440. The number of thiazole rings is 1. The topological polar surface area (TPSA) is 123 Å². The summed E-state index contributed by atoms with van der Waals surface area (Å²) in [6.45, 7) is 7.46. The highest BCUT2D eigenvalue weighted by molar-refractivity contribution is 7.16. The molecule has 1 aromatic heterocycles. The Labute approximate surface area is 206 Å². The fraction of sp³-hybridized carbons (Fsp3) is 0.360. The van der Waals surface area contributed by atoms with Crippen molar-refractivity contribution in [1.29, 1.82) is 5.41 Å². The summed E-state index contributed by atoms with van der Waals surface area (Å²) in [5.74, 6) is -0.811. The molecule has 1 heterocycles. The van der Waals surface area contributed by atoms with E-state index in [4.69, 9.17) is 14.9 Å². The van der Waals surface area contributed by atoms with Crippen LogP contribution < -0.4 is 15.5 Å². The van der Waals surface area contributed by atoms with Crippen LogP contribution in [0, 0.1) is 5.41 Å². The molecule has 0 atom stereocenters. The first-order valence-corrected chi connectivity index (χ1v) is 12.1. The number of carbonyl (C=O) groups is 3. The lowest BCUT2D eigenvalue weighted by molar-refractivity contribution is 0.0491. The second kappa shape index (κ2) is 9.18. The Morgan fingerprint density at radius 3 is 2.34 bits per heavy atom. The lowest BCUT2D eigenvalue weighted by atomic mass is 10.0. The number of nitrogens with one attached hydrogen (secondary N) is 3. The molecule has 4 rings (SSSR count). The summed E-state index contributed by atoms with van der Waals surface area (Å²) in [7, 11) is 0. The number of fused-ring (bicyclic) bond motifs is 1. The zero-order chi connectivity index (χ0) is 25.4. The fourth-order valence-electron chi connectivity index (χ4n) is 3.71. The molecule has 35 heavy (non-hydrogen) atoms. The standard InChI is InChI=1S/C25H28N4O5S/c1-5-33-21(31)16-8-11-18-19(14-16)35-22(26)29(18)28-20(30)15-6-9-17(10-7-15)25(12-13-25)27-23(32)34-24(2,3)4/h6-11,14,26H,5,12-13H2,1-4H3,(H,27,32)(H,28,30). The third kappa shape index (κ3) is 5.37. The average Bonchev–Trinajstić information content (AvgIpc) is 3.49. The summed E-state index contributed by atoms with van der Waals surface area (Å²) >= 11 is 1.14. The Morgan fingerprint density at radius 1 is 1.09 bits per heavy atom. The number of esters is 1. The van der Waals surface area contributed by atoms with Crippen LogP contribution in [-0.2, 0) is 15.0 Å². The van der Waals surface area contributed by atoms with Gasteiger partial charge in [0.25, 0.3) is 5.91 Å². The number of hydrogen-bond acceptors (Lipinski definition) is 7. The Morgan fingerprint density at radius 2 is 1.74 bits per heavy atom. The van der Waals surface area contributed by atoms with Crippen molar-refractivity contribution in [3.05, 3.63) is 64.0 Å². The Bertz CT molecular complexity index is 1350. The molecule has 184 valence electrons. The van der Waals surface area contributed by atoms with Gasteiger partial charge < -0.3 is 14.8 Å². The van der Waals surface area contributed by atoms with Gasteiger partial charge in [-0.2, -0.15) is 0 Å². The van der Waals surface area contributed by atoms with Gasteiger partial charge in [-0.25, -0.2) is 14.3 Å². The maximum Gasteiger partial charge on any atom is 0.408 e. The summed E-state index contributed by atoms with van der Waals surface area (Å²) in [5, 5.41) is 11.2. The first kappa shape index (κ1) is 24.5. The van der Waals surface area contributed by atoms with E-state index in [0.717, 1.165) is 29.7 Å². The van der Waals surface area contributed by atoms with Crippen LogP contribution in [0.15, 0.2) is 42.5 Å². The zero-order valence-corrected chi connectivity index (χ0v) is 20.9. The normalized spacial score (nSPS) is 14.3. The summed E-state index contributed by atoms with van der Waals surface area (Å²) in [6, 6.07) is 12.0. The van der Waals surface area contributed by atoms with E-state index in [1.165, 1.54) is 4.68 Å². The number of rotatable bonds is 6. The number of carbonyl (C=O) groups excluding carboxylic acids is 3. The average molecular weight is 497 g/mol. The van der Waals surface area contributed by atoms with Crippen LogP contribution in [0.2, 0.25) is 0 Å². The number of aromatic nitrogens is 1. The number of alkyl carbamates (subject to hydrolysis) is 1. The predicted octanol–water partition coefficient (Wildman–Crippen LogP) is 4.26. The Hall–Kier alpha value is -3.66. The molecule has 1 aliphatic rings. The van der Waals surface area contributed by atoms with E-state index in [2.05, 4.69) is 10.7 Å². The minimum Gasteiger partial charge on any atom is -0.462 e. The van der Waals surface area contributed by atoms with Crippen molar-refractivity contribution in [3.8, 4) is 0 Å². The van der Waals surface area contributed by atoms with E-state index in [0.29, 0.717) is 21.3 Å². The van der Waals surface area contributed by atoms with Crippen molar-refractivity contribution in [1.82, 2.24) is 9.99 Å². The number of benzene rings is 2. The SMILES string of the molecule is CCOC(=O)c1ccc2c(c1)sc(=N)n2NC(=O)c1ccc(C2(NC(=O)OC(C)(C)C)CC2)cc1. The van der Waals surface area contributed by atoms with Gasteiger partial charge >= 0.3 is 12.1 Å². The molecule has 3 N–H and O–H groups in total. The zero-order valence-electron chi connectivity index (χ0n) is 20.1. The van der Waals surface area contributed by atoms with Crippen molar-refractivity contribution < 1.29 is 23.9 Å². The Balaban J connectivity index is 1.48. The molecule has 10 heteroatoms. The van der Waals surface area contributed by atoms with E-state index in [9.17, 15) is 14.4 Å². The highest BCUT2D eigenvalue weighted by atomic mass is 32.1. The molecule has 2 amide bonds. The van der Waals surface area contributed by atoms with Crippen LogP contribution in [0.5, 0.6) is 0 Å². The molecule has 1 aliphatic carbocycles.